The molecule has 3 aliphatic rings. The van der Waals surface area contributed by atoms with E-state index in [-0.39, 0.29) is 23.6 Å². The summed E-state index contributed by atoms with van der Waals surface area (Å²) in [5.74, 6) is -1.78. The molecule has 154 valence electrons. The minimum atomic E-state index is -0.680. The van der Waals surface area contributed by atoms with Crippen LogP contribution in [0.3, 0.4) is 0 Å². The van der Waals surface area contributed by atoms with Crippen molar-refractivity contribution in [2.75, 3.05) is 25.2 Å². The molecule has 2 amide bonds. The van der Waals surface area contributed by atoms with Gasteiger partial charge in [-0.2, -0.15) is 0 Å². The summed E-state index contributed by atoms with van der Waals surface area (Å²) in [5, 5.41) is 0.962. The van der Waals surface area contributed by atoms with E-state index >= 15 is 0 Å². The second-order valence-electron chi connectivity index (χ2n) is 8.12. The minimum absolute atomic E-state index is 0.110. The summed E-state index contributed by atoms with van der Waals surface area (Å²) >= 11 is 0. The molecular weight excluding hydrogens is 382 g/mol. The van der Waals surface area contributed by atoms with Crippen LogP contribution in [0.15, 0.2) is 36.5 Å². The number of carbonyl (C=O) groups excluding carboxylic acids is 3. The third-order valence-corrected chi connectivity index (χ3v) is 6.48. The number of amides is 2. The number of carbonyl (C=O) groups is 3. The number of ketones is 1. The van der Waals surface area contributed by atoms with Gasteiger partial charge in [0, 0.05) is 31.8 Å². The summed E-state index contributed by atoms with van der Waals surface area (Å²) in [7, 11) is 1.59. The fourth-order valence-corrected chi connectivity index (χ4v) is 5.29. The summed E-state index contributed by atoms with van der Waals surface area (Å²) < 4.78 is 5.06. The smallest absolute Gasteiger partial charge is 0.235 e. The largest absolute Gasteiger partial charge is 0.385 e. The monoisotopic (exact) mass is 405 g/mol. The van der Waals surface area contributed by atoms with Crippen LogP contribution in [0, 0.1) is 11.8 Å². The van der Waals surface area contributed by atoms with Crippen molar-refractivity contribution in [1.82, 2.24) is 9.88 Å². The zero-order valence-electron chi connectivity index (χ0n) is 16.9. The Labute approximate surface area is 174 Å². The van der Waals surface area contributed by atoms with Crippen molar-refractivity contribution in [1.29, 1.82) is 0 Å². The van der Waals surface area contributed by atoms with Crippen LogP contribution in [-0.2, 0) is 19.1 Å². The first kappa shape index (κ1) is 18.9. The van der Waals surface area contributed by atoms with E-state index in [0.29, 0.717) is 19.6 Å². The molecule has 1 aromatic carbocycles. The summed E-state index contributed by atoms with van der Waals surface area (Å²) in [5.41, 5.74) is 2.56. The predicted octanol–water partition coefficient (Wildman–Crippen LogP) is 2.05. The van der Waals surface area contributed by atoms with Gasteiger partial charge in [0.1, 0.15) is 6.04 Å². The Morgan fingerprint density at radius 3 is 2.73 bits per heavy atom. The highest BCUT2D eigenvalue weighted by molar-refractivity contribution is 6.12. The van der Waals surface area contributed by atoms with Gasteiger partial charge in [-0.1, -0.05) is 30.4 Å². The summed E-state index contributed by atoms with van der Waals surface area (Å²) in [4.78, 5) is 47.2. The van der Waals surface area contributed by atoms with Crippen molar-refractivity contribution in [2.45, 2.75) is 25.4 Å². The van der Waals surface area contributed by atoms with E-state index < -0.39 is 17.9 Å². The maximum absolute atomic E-state index is 13.3. The maximum Gasteiger partial charge on any atom is 0.235 e. The third kappa shape index (κ3) is 2.55. The molecule has 0 bridgehead atoms. The topological polar surface area (TPSA) is 79.8 Å². The number of Topliss-reactive ketones (excluding diaryl/α,β-unsaturated/α-hetero) is 1. The average Bonchev–Trinajstić information content (AvgIpc) is 3.22. The number of anilines is 1. The molecule has 3 aliphatic heterocycles. The summed E-state index contributed by atoms with van der Waals surface area (Å²) in [6.07, 6.45) is 6.25. The Balaban J connectivity index is 1.62. The molecule has 5 rings (SSSR count). The molecule has 30 heavy (non-hydrogen) atoms. The van der Waals surface area contributed by atoms with E-state index in [1.807, 2.05) is 41.3 Å². The fraction of sp³-hybridized carbons (Fsp3) is 0.391. The molecule has 4 heterocycles. The van der Waals surface area contributed by atoms with Crippen molar-refractivity contribution in [2.24, 2.45) is 11.8 Å². The summed E-state index contributed by atoms with van der Waals surface area (Å²) in [6.45, 7) is 2.30. The average molecular weight is 405 g/mol. The third-order valence-electron chi connectivity index (χ3n) is 6.48. The molecule has 0 saturated carbocycles. The lowest BCUT2D eigenvalue weighted by Crippen LogP contribution is -2.48. The first-order valence-corrected chi connectivity index (χ1v) is 10.2. The van der Waals surface area contributed by atoms with Crippen molar-refractivity contribution in [3.8, 4) is 0 Å². The Morgan fingerprint density at radius 2 is 1.97 bits per heavy atom. The molecule has 4 atom stereocenters. The molecule has 0 radical (unpaired) electrons. The predicted molar refractivity (Wildman–Crippen MR) is 112 cm³/mol. The van der Waals surface area contributed by atoms with Crippen LogP contribution in [-0.4, -0.2) is 59.8 Å². The quantitative estimate of drug-likeness (QED) is 0.560. The van der Waals surface area contributed by atoms with E-state index in [1.54, 1.807) is 13.3 Å². The van der Waals surface area contributed by atoms with Gasteiger partial charge in [0.2, 0.25) is 11.8 Å². The molecule has 1 aromatic heterocycles. The molecule has 0 spiro atoms. The highest BCUT2D eigenvalue weighted by Crippen LogP contribution is 2.49. The zero-order chi connectivity index (χ0) is 21.0. The first-order valence-electron chi connectivity index (χ1n) is 10.2. The SMILES string of the molecule is COCCCN1C(=O)[C@H]2[C@H](C1=O)[C@H](C(C)=O)N1c3c(ccc4cccnc34)C=C[C@H]21. The fourth-order valence-electron chi connectivity index (χ4n) is 5.29. The van der Waals surface area contributed by atoms with E-state index in [2.05, 4.69) is 4.98 Å². The van der Waals surface area contributed by atoms with Crippen LogP contribution in [0.1, 0.15) is 18.9 Å². The summed E-state index contributed by atoms with van der Waals surface area (Å²) in [6, 6.07) is 6.82. The number of rotatable bonds is 5. The van der Waals surface area contributed by atoms with Crippen molar-refractivity contribution >= 4 is 40.3 Å². The number of benzene rings is 1. The van der Waals surface area contributed by atoms with Gasteiger partial charge < -0.3 is 9.64 Å². The van der Waals surface area contributed by atoms with Gasteiger partial charge in [0.15, 0.2) is 5.78 Å². The highest BCUT2D eigenvalue weighted by Gasteiger charge is 2.63. The standard InChI is InChI=1S/C23H23N3O4/c1-13(27)20-18-17(22(28)25(23(18)29)11-4-12-30-2)16-9-8-15-7-6-14-5-3-10-24-19(14)21(15)26(16)20/h3,5-10,16-18,20H,4,11-12H2,1-2H3/t16-,17-,18+,20+/m1/s1. The molecule has 2 aromatic rings. The van der Waals surface area contributed by atoms with Gasteiger partial charge in [-0.15, -0.1) is 0 Å². The molecule has 0 unspecified atom stereocenters. The number of aromatic nitrogens is 1. The van der Waals surface area contributed by atoms with Gasteiger partial charge in [-0.05, 0) is 25.0 Å². The number of nitrogens with zero attached hydrogens (tertiary/aromatic N) is 3. The minimum Gasteiger partial charge on any atom is -0.385 e. The molecule has 7 nitrogen and oxygen atoms in total. The van der Waals surface area contributed by atoms with E-state index in [1.165, 1.54) is 11.8 Å². The number of imide groups is 1. The van der Waals surface area contributed by atoms with Gasteiger partial charge in [-0.25, -0.2) is 0 Å². The van der Waals surface area contributed by atoms with Crippen molar-refractivity contribution < 1.29 is 19.1 Å². The molecule has 7 heteroatoms. The van der Waals surface area contributed by atoms with Crippen molar-refractivity contribution in [3.05, 3.63) is 42.1 Å². The Bertz CT molecular complexity index is 1100. The highest BCUT2D eigenvalue weighted by atomic mass is 16.5. The van der Waals surface area contributed by atoms with Gasteiger partial charge in [0.05, 0.1) is 29.1 Å². The van der Waals surface area contributed by atoms with E-state index in [0.717, 1.165) is 22.2 Å². The van der Waals surface area contributed by atoms with Crippen molar-refractivity contribution in [3.63, 3.8) is 0 Å². The van der Waals surface area contributed by atoms with E-state index in [4.69, 9.17) is 4.74 Å². The number of hydrogen-bond acceptors (Lipinski definition) is 6. The number of pyridine rings is 1. The van der Waals surface area contributed by atoms with Crippen LogP contribution in [0.4, 0.5) is 5.69 Å². The van der Waals surface area contributed by atoms with Gasteiger partial charge in [0.25, 0.3) is 0 Å². The lowest BCUT2D eigenvalue weighted by atomic mass is 9.88. The Morgan fingerprint density at radius 1 is 1.17 bits per heavy atom. The Hall–Kier alpha value is -3.06. The second kappa shape index (κ2) is 7.02. The number of fused-ring (bicyclic) bond motifs is 7. The number of methoxy groups -OCH3 is 1. The van der Waals surface area contributed by atoms with Gasteiger partial charge in [-0.3, -0.25) is 24.3 Å². The second-order valence-corrected chi connectivity index (χ2v) is 8.12. The van der Waals surface area contributed by atoms with Crippen LogP contribution < -0.4 is 4.90 Å². The first-order chi connectivity index (χ1) is 14.5. The molecule has 2 fully saturated rings. The Kier molecular flexibility index (Phi) is 4.43. The van der Waals surface area contributed by atoms with Crippen LogP contribution >= 0.6 is 0 Å². The van der Waals surface area contributed by atoms with E-state index in [9.17, 15) is 14.4 Å². The number of ether oxygens (including phenoxy) is 1. The molecule has 0 aliphatic carbocycles. The van der Waals surface area contributed by atoms with Gasteiger partial charge >= 0.3 is 0 Å². The van der Waals surface area contributed by atoms with Crippen LogP contribution in [0.2, 0.25) is 0 Å². The normalized spacial score (nSPS) is 26.9. The molecular formula is C23H23N3O4. The maximum atomic E-state index is 13.3. The lowest BCUT2D eigenvalue weighted by molar-refractivity contribution is -0.141. The number of hydrogen-bond donors (Lipinski definition) is 0. The molecule has 2 saturated heterocycles. The zero-order valence-corrected chi connectivity index (χ0v) is 16.9. The van der Waals surface area contributed by atoms with Crippen LogP contribution in [0.5, 0.6) is 0 Å². The lowest BCUT2D eigenvalue weighted by Gasteiger charge is -2.36. The molecule has 0 N–H and O–H groups in total. The number of likely N-dealkylation sites (tertiary alicyclic amines) is 1. The van der Waals surface area contributed by atoms with Crippen LogP contribution in [0.25, 0.3) is 17.0 Å².